The summed E-state index contributed by atoms with van der Waals surface area (Å²) in [6.07, 6.45) is -1.88. The zero-order chi connectivity index (χ0) is 19.9. The molecule has 9 heteroatoms. The number of hydrogen-bond donors (Lipinski definition) is 2. The molecule has 0 bridgehead atoms. The predicted molar refractivity (Wildman–Crippen MR) is 96.3 cm³/mol. The molecule has 4 rings (SSSR count). The molecule has 0 unspecified atom stereocenters. The van der Waals surface area contributed by atoms with Crippen molar-refractivity contribution in [2.45, 2.75) is 31.5 Å². The van der Waals surface area contributed by atoms with Gasteiger partial charge in [-0.15, -0.1) is 0 Å². The SMILES string of the molecule is O=C1CC[C@@H](COc2nccc3cc4c(=O)[nH]cc(CC(F)(F)F)c4cc23)N1. The second-order valence-corrected chi connectivity index (χ2v) is 6.78. The predicted octanol–water partition coefficient (Wildman–Crippen LogP) is 2.84. The number of H-pyrrole nitrogens is 1. The molecule has 1 atom stereocenters. The first-order valence-corrected chi connectivity index (χ1v) is 8.72. The number of rotatable bonds is 4. The molecular formula is C19H16F3N3O3. The summed E-state index contributed by atoms with van der Waals surface area (Å²) in [5.74, 6) is 0.209. The Morgan fingerprint density at radius 1 is 1.18 bits per heavy atom. The van der Waals surface area contributed by atoms with Gasteiger partial charge in [0.1, 0.15) is 6.61 Å². The van der Waals surface area contributed by atoms with E-state index in [1.54, 1.807) is 6.07 Å². The van der Waals surface area contributed by atoms with E-state index in [1.165, 1.54) is 18.3 Å². The Labute approximate surface area is 156 Å². The highest BCUT2D eigenvalue weighted by Gasteiger charge is 2.29. The highest BCUT2D eigenvalue weighted by atomic mass is 19.4. The minimum atomic E-state index is -4.41. The quantitative estimate of drug-likeness (QED) is 0.670. The largest absolute Gasteiger partial charge is 0.475 e. The van der Waals surface area contributed by atoms with E-state index in [0.717, 1.165) is 6.20 Å². The fraction of sp³-hybridized carbons (Fsp3) is 0.316. The zero-order valence-corrected chi connectivity index (χ0v) is 14.6. The number of benzene rings is 1. The number of carbonyl (C=O) groups excluding carboxylic acids is 1. The van der Waals surface area contributed by atoms with Crippen LogP contribution in [0.1, 0.15) is 18.4 Å². The summed E-state index contributed by atoms with van der Waals surface area (Å²) < 4.78 is 44.5. The number of carbonyl (C=O) groups is 1. The molecule has 6 nitrogen and oxygen atoms in total. The first-order chi connectivity index (χ1) is 13.3. The molecular weight excluding hydrogens is 375 g/mol. The van der Waals surface area contributed by atoms with Gasteiger partial charge >= 0.3 is 6.18 Å². The number of hydrogen-bond acceptors (Lipinski definition) is 4. The Balaban J connectivity index is 1.77. The number of nitrogens with one attached hydrogen (secondary N) is 2. The monoisotopic (exact) mass is 391 g/mol. The van der Waals surface area contributed by atoms with Crippen LogP contribution >= 0.6 is 0 Å². The highest BCUT2D eigenvalue weighted by Crippen LogP contribution is 2.31. The van der Waals surface area contributed by atoms with Gasteiger partial charge in [0.05, 0.1) is 12.5 Å². The summed E-state index contributed by atoms with van der Waals surface area (Å²) in [7, 11) is 0. The zero-order valence-electron chi connectivity index (χ0n) is 14.6. The lowest BCUT2D eigenvalue weighted by molar-refractivity contribution is -0.127. The third kappa shape index (κ3) is 3.64. The number of nitrogens with zero attached hydrogens (tertiary/aromatic N) is 1. The van der Waals surface area contributed by atoms with Crippen molar-refractivity contribution in [1.82, 2.24) is 15.3 Å². The molecule has 1 amide bonds. The van der Waals surface area contributed by atoms with Gasteiger partial charge in [-0.2, -0.15) is 13.2 Å². The lowest BCUT2D eigenvalue weighted by atomic mass is 10.0. The van der Waals surface area contributed by atoms with Crippen LogP contribution in [0.5, 0.6) is 5.88 Å². The van der Waals surface area contributed by atoms with Crippen LogP contribution in [-0.2, 0) is 11.2 Å². The first kappa shape index (κ1) is 18.3. The third-order valence-electron chi connectivity index (χ3n) is 4.73. The molecule has 28 heavy (non-hydrogen) atoms. The minimum absolute atomic E-state index is 0.0261. The van der Waals surface area contributed by atoms with Gasteiger partial charge in [0.2, 0.25) is 11.8 Å². The van der Waals surface area contributed by atoms with Crippen LogP contribution in [0, 0.1) is 0 Å². The van der Waals surface area contributed by atoms with Crippen LogP contribution in [0.3, 0.4) is 0 Å². The molecule has 0 radical (unpaired) electrons. The molecule has 1 saturated heterocycles. The molecule has 1 aliphatic rings. The molecule has 2 aromatic heterocycles. The number of ether oxygens (including phenoxy) is 1. The van der Waals surface area contributed by atoms with Crippen molar-refractivity contribution in [1.29, 1.82) is 0 Å². The minimum Gasteiger partial charge on any atom is -0.475 e. The second-order valence-electron chi connectivity index (χ2n) is 6.78. The van der Waals surface area contributed by atoms with Crippen molar-refractivity contribution >= 4 is 27.5 Å². The molecule has 2 N–H and O–H groups in total. The van der Waals surface area contributed by atoms with E-state index in [9.17, 15) is 22.8 Å². The van der Waals surface area contributed by atoms with Gasteiger partial charge in [0, 0.05) is 29.6 Å². The van der Waals surface area contributed by atoms with E-state index >= 15 is 0 Å². The Bertz CT molecular complexity index is 1120. The number of pyridine rings is 2. The number of fused-ring (bicyclic) bond motifs is 2. The summed E-state index contributed by atoms with van der Waals surface area (Å²) in [5.41, 5.74) is -0.488. The normalized spacial score (nSPS) is 17.2. The van der Waals surface area contributed by atoms with Crippen LogP contribution < -0.4 is 15.6 Å². The summed E-state index contributed by atoms with van der Waals surface area (Å²) in [6.45, 7) is 0.209. The lowest BCUT2D eigenvalue weighted by Crippen LogP contribution is -2.31. The Morgan fingerprint density at radius 2 is 2.00 bits per heavy atom. The van der Waals surface area contributed by atoms with Gasteiger partial charge in [-0.1, -0.05) is 0 Å². The van der Waals surface area contributed by atoms with E-state index in [4.69, 9.17) is 4.74 Å². The van der Waals surface area contributed by atoms with Gasteiger partial charge in [-0.3, -0.25) is 9.59 Å². The van der Waals surface area contributed by atoms with Gasteiger partial charge < -0.3 is 15.0 Å². The number of aromatic nitrogens is 2. The lowest BCUT2D eigenvalue weighted by Gasteiger charge is -2.14. The molecule has 3 aromatic rings. The number of aromatic amines is 1. The van der Waals surface area contributed by atoms with Crippen LogP contribution in [-0.4, -0.2) is 34.7 Å². The molecule has 0 aliphatic carbocycles. The Morgan fingerprint density at radius 3 is 2.71 bits per heavy atom. The summed E-state index contributed by atoms with van der Waals surface area (Å²) >= 11 is 0. The first-order valence-electron chi connectivity index (χ1n) is 8.72. The van der Waals surface area contributed by atoms with Crippen LogP contribution in [0.15, 0.2) is 35.4 Å². The van der Waals surface area contributed by atoms with Gasteiger partial charge in [0.25, 0.3) is 5.56 Å². The van der Waals surface area contributed by atoms with E-state index in [1.807, 2.05) is 0 Å². The maximum Gasteiger partial charge on any atom is 0.393 e. The third-order valence-corrected chi connectivity index (χ3v) is 4.73. The summed E-state index contributed by atoms with van der Waals surface area (Å²) in [5, 5.41) is 4.30. The van der Waals surface area contributed by atoms with Gasteiger partial charge in [-0.05, 0) is 41.0 Å². The van der Waals surface area contributed by atoms with Crippen molar-refractivity contribution in [3.63, 3.8) is 0 Å². The van der Waals surface area contributed by atoms with Crippen LogP contribution in [0.4, 0.5) is 13.2 Å². The highest BCUT2D eigenvalue weighted by molar-refractivity contribution is 6.01. The van der Waals surface area contributed by atoms with Crippen LogP contribution in [0.2, 0.25) is 0 Å². The van der Waals surface area contributed by atoms with Gasteiger partial charge in [-0.25, -0.2) is 4.98 Å². The molecule has 1 aliphatic heterocycles. The smallest absolute Gasteiger partial charge is 0.393 e. The Hall–Kier alpha value is -3.10. The molecule has 3 heterocycles. The van der Waals surface area contributed by atoms with E-state index < -0.39 is 18.2 Å². The van der Waals surface area contributed by atoms with Crippen molar-refractivity contribution < 1.29 is 22.7 Å². The molecule has 146 valence electrons. The van der Waals surface area contributed by atoms with Crippen molar-refractivity contribution in [2.75, 3.05) is 6.61 Å². The van der Waals surface area contributed by atoms with E-state index in [2.05, 4.69) is 15.3 Å². The number of alkyl halides is 3. The molecule has 0 saturated carbocycles. The topological polar surface area (TPSA) is 84.1 Å². The average Bonchev–Trinajstić information content (AvgIpc) is 3.05. The van der Waals surface area contributed by atoms with Crippen molar-refractivity contribution in [2.24, 2.45) is 0 Å². The standard InChI is InChI=1S/C19H16F3N3O3/c20-19(21,22)7-11-8-24-17(27)15-5-10-3-4-23-18(14(10)6-13(11)15)28-9-12-1-2-16(26)25-12/h3-6,8,12H,1-2,7,9H2,(H,24,27)(H,25,26)/t12-/m0/s1. The average molecular weight is 391 g/mol. The molecule has 0 spiro atoms. The van der Waals surface area contributed by atoms with Crippen molar-refractivity contribution in [3.8, 4) is 5.88 Å². The maximum absolute atomic E-state index is 12.9. The van der Waals surface area contributed by atoms with Crippen molar-refractivity contribution in [3.05, 3.63) is 46.5 Å². The second kappa shape index (κ2) is 6.81. The van der Waals surface area contributed by atoms with E-state index in [-0.39, 0.29) is 40.8 Å². The van der Waals surface area contributed by atoms with E-state index in [0.29, 0.717) is 23.6 Å². The summed E-state index contributed by atoms with van der Waals surface area (Å²) in [4.78, 5) is 30.0. The Kier molecular flexibility index (Phi) is 4.44. The fourth-order valence-corrected chi connectivity index (χ4v) is 3.42. The molecule has 1 fully saturated rings. The van der Waals surface area contributed by atoms with Gasteiger partial charge in [0.15, 0.2) is 0 Å². The number of halogens is 3. The van der Waals surface area contributed by atoms with Crippen LogP contribution in [0.25, 0.3) is 21.5 Å². The summed E-state index contributed by atoms with van der Waals surface area (Å²) in [6, 6.07) is 4.58. The maximum atomic E-state index is 12.9. The fourth-order valence-electron chi connectivity index (χ4n) is 3.42. The molecule has 1 aromatic carbocycles. The number of amides is 1.